The largest absolute Gasteiger partial charge is 0.494 e. The quantitative estimate of drug-likeness (QED) is 0.859. The van der Waals surface area contributed by atoms with Crippen LogP contribution < -0.4 is 10.5 Å². The SMILES string of the molecule is CCOc1ccc(C(CN)C(O)c2ccc(F)cc2)cc1. The Balaban J connectivity index is 2.19. The third-order valence-corrected chi connectivity index (χ3v) is 3.47. The van der Waals surface area contributed by atoms with Crippen LogP contribution in [0, 0.1) is 5.82 Å². The fourth-order valence-corrected chi connectivity index (χ4v) is 2.32. The van der Waals surface area contributed by atoms with Crippen molar-refractivity contribution in [2.75, 3.05) is 13.2 Å². The summed E-state index contributed by atoms with van der Waals surface area (Å²) < 4.78 is 18.3. The van der Waals surface area contributed by atoms with Gasteiger partial charge in [-0.05, 0) is 42.3 Å². The smallest absolute Gasteiger partial charge is 0.123 e. The highest BCUT2D eigenvalue weighted by atomic mass is 19.1. The summed E-state index contributed by atoms with van der Waals surface area (Å²) in [6.07, 6.45) is -0.770. The monoisotopic (exact) mass is 289 g/mol. The van der Waals surface area contributed by atoms with E-state index in [2.05, 4.69) is 0 Å². The molecule has 4 heteroatoms. The van der Waals surface area contributed by atoms with E-state index in [9.17, 15) is 9.50 Å². The molecule has 0 saturated carbocycles. The van der Waals surface area contributed by atoms with Crippen molar-refractivity contribution in [2.45, 2.75) is 18.9 Å². The van der Waals surface area contributed by atoms with Crippen LogP contribution in [0.1, 0.15) is 30.1 Å². The van der Waals surface area contributed by atoms with E-state index >= 15 is 0 Å². The predicted octanol–water partition coefficient (Wildman–Crippen LogP) is 3.00. The Bertz CT molecular complexity index is 554. The van der Waals surface area contributed by atoms with E-state index in [1.54, 1.807) is 12.1 Å². The minimum Gasteiger partial charge on any atom is -0.494 e. The van der Waals surface area contributed by atoms with Crippen LogP contribution in [0.15, 0.2) is 48.5 Å². The number of hydrogen-bond acceptors (Lipinski definition) is 3. The standard InChI is InChI=1S/C17H20FNO2/c1-2-21-15-9-5-12(6-10-15)16(11-19)17(20)13-3-7-14(18)8-4-13/h3-10,16-17,20H,2,11,19H2,1H3. The van der Waals surface area contributed by atoms with Crippen LogP contribution in [-0.2, 0) is 0 Å². The number of nitrogens with two attached hydrogens (primary N) is 1. The summed E-state index contributed by atoms with van der Waals surface area (Å²) in [6, 6.07) is 13.4. The zero-order valence-electron chi connectivity index (χ0n) is 12.0. The second kappa shape index (κ2) is 7.20. The van der Waals surface area contributed by atoms with Gasteiger partial charge in [-0.2, -0.15) is 0 Å². The molecule has 2 rings (SSSR count). The Morgan fingerprint density at radius 1 is 1.05 bits per heavy atom. The molecule has 0 radical (unpaired) electrons. The molecule has 0 aliphatic rings. The second-order valence-electron chi connectivity index (χ2n) is 4.84. The Hall–Kier alpha value is -1.91. The van der Waals surface area contributed by atoms with Gasteiger partial charge in [0.15, 0.2) is 0 Å². The first kappa shape index (κ1) is 15.5. The molecule has 2 aromatic rings. The molecule has 2 unspecified atom stereocenters. The molecule has 0 amide bonds. The molecule has 112 valence electrons. The summed E-state index contributed by atoms with van der Waals surface area (Å²) in [6.45, 7) is 2.83. The lowest BCUT2D eigenvalue weighted by Gasteiger charge is -2.22. The Labute approximate surface area is 124 Å². The van der Waals surface area contributed by atoms with Gasteiger partial charge in [-0.3, -0.25) is 0 Å². The van der Waals surface area contributed by atoms with E-state index in [-0.39, 0.29) is 11.7 Å². The van der Waals surface area contributed by atoms with E-state index in [4.69, 9.17) is 10.5 Å². The van der Waals surface area contributed by atoms with Gasteiger partial charge in [-0.1, -0.05) is 24.3 Å². The van der Waals surface area contributed by atoms with Crippen LogP contribution in [0.25, 0.3) is 0 Å². The lowest BCUT2D eigenvalue weighted by molar-refractivity contribution is 0.147. The molecule has 0 aromatic heterocycles. The van der Waals surface area contributed by atoms with Crippen LogP contribution in [0.3, 0.4) is 0 Å². The first-order valence-electron chi connectivity index (χ1n) is 7.02. The number of benzene rings is 2. The maximum atomic E-state index is 13.0. The molecule has 21 heavy (non-hydrogen) atoms. The molecular weight excluding hydrogens is 269 g/mol. The van der Waals surface area contributed by atoms with Crippen molar-refractivity contribution >= 4 is 0 Å². The van der Waals surface area contributed by atoms with Gasteiger partial charge in [-0.25, -0.2) is 4.39 Å². The minimum absolute atomic E-state index is 0.244. The third kappa shape index (κ3) is 3.80. The lowest BCUT2D eigenvalue weighted by Crippen LogP contribution is -2.20. The molecule has 0 heterocycles. The molecule has 0 saturated heterocycles. The van der Waals surface area contributed by atoms with Gasteiger partial charge < -0.3 is 15.6 Å². The van der Waals surface area contributed by atoms with E-state index in [0.29, 0.717) is 18.7 Å². The average Bonchev–Trinajstić information content (AvgIpc) is 2.50. The summed E-state index contributed by atoms with van der Waals surface area (Å²) in [5, 5.41) is 10.5. The number of hydrogen-bond donors (Lipinski definition) is 2. The summed E-state index contributed by atoms with van der Waals surface area (Å²) in [5.74, 6) is 0.218. The van der Waals surface area contributed by atoms with Gasteiger partial charge in [0.25, 0.3) is 0 Å². The van der Waals surface area contributed by atoms with Crippen molar-refractivity contribution in [3.8, 4) is 5.75 Å². The topological polar surface area (TPSA) is 55.5 Å². The zero-order valence-corrected chi connectivity index (χ0v) is 12.0. The highest BCUT2D eigenvalue weighted by Gasteiger charge is 2.21. The highest BCUT2D eigenvalue weighted by molar-refractivity contribution is 5.32. The molecule has 0 bridgehead atoms. The maximum absolute atomic E-state index is 13.0. The molecular formula is C17H20FNO2. The number of halogens is 1. The van der Waals surface area contributed by atoms with Crippen molar-refractivity contribution in [3.05, 3.63) is 65.5 Å². The van der Waals surface area contributed by atoms with Crippen molar-refractivity contribution in [3.63, 3.8) is 0 Å². The lowest BCUT2D eigenvalue weighted by atomic mass is 9.89. The van der Waals surface area contributed by atoms with E-state index in [1.807, 2.05) is 31.2 Å². The van der Waals surface area contributed by atoms with Crippen LogP contribution in [0.4, 0.5) is 4.39 Å². The normalized spacial score (nSPS) is 13.7. The minimum atomic E-state index is -0.770. The fraction of sp³-hybridized carbons (Fsp3) is 0.294. The first-order chi connectivity index (χ1) is 10.2. The summed E-state index contributed by atoms with van der Waals surface area (Å²) in [7, 11) is 0. The second-order valence-corrected chi connectivity index (χ2v) is 4.84. The molecule has 3 nitrogen and oxygen atoms in total. The number of rotatable bonds is 6. The zero-order chi connectivity index (χ0) is 15.2. The van der Waals surface area contributed by atoms with Gasteiger partial charge in [-0.15, -0.1) is 0 Å². The number of aliphatic hydroxyl groups is 1. The predicted molar refractivity (Wildman–Crippen MR) is 80.8 cm³/mol. The number of ether oxygens (including phenoxy) is 1. The average molecular weight is 289 g/mol. The van der Waals surface area contributed by atoms with Crippen LogP contribution in [0.2, 0.25) is 0 Å². The van der Waals surface area contributed by atoms with Crippen molar-refractivity contribution in [1.82, 2.24) is 0 Å². The van der Waals surface area contributed by atoms with Crippen LogP contribution in [-0.4, -0.2) is 18.3 Å². The molecule has 0 aliphatic carbocycles. The molecule has 0 fully saturated rings. The molecule has 2 aromatic carbocycles. The van der Waals surface area contributed by atoms with Crippen LogP contribution >= 0.6 is 0 Å². The fourth-order valence-electron chi connectivity index (χ4n) is 2.32. The van der Waals surface area contributed by atoms with Crippen molar-refractivity contribution in [2.24, 2.45) is 5.73 Å². The summed E-state index contributed by atoms with van der Waals surface area (Å²) in [4.78, 5) is 0. The van der Waals surface area contributed by atoms with Crippen LogP contribution in [0.5, 0.6) is 5.75 Å². The highest BCUT2D eigenvalue weighted by Crippen LogP contribution is 2.31. The summed E-state index contributed by atoms with van der Waals surface area (Å²) in [5.41, 5.74) is 7.39. The molecule has 2 atom stereocenters. The molecule has 0 spiro atoms. The van der Waals surface area contributed by atoms with Gasteiger partial charge in [0.1, 0.15) is 11.6 Å². The number of aliphatic hydroxyl groups excluding tert-OH is 1. The third-order valence-electron chi connectivity index (χ3n) is 3.47. The van der Waals surface area contributed by atoms with Gasteiger partial charge in [0.2, 0.25) is 0 Å². The Morgan fingerprint density at radius 3 is 2.14 bits per heavy atom. The van der Waals surface area contributed by atoms with E-state index in [0.717, 1.165) is 11.3 Å². The van der Waals surface area contributed by atoms with Gasteiger partial charge in [0.05, 0.1) is 12.7 Å². The summed E-state index contributed by atoms with van der Waals surface area (Å²) >= 11 is 0. The maximum Gasteiger partial charge on any atom is 0.123 e. The Morgan fingerprint density at radius 2 is 1.62 bits per heavy atom. The Kier molecular flexibility index (Phi) is 5.31. The molecule has 0 aliphatic heterocycles. The molecule has 3 N–H and O–H groups in total. The van der Waals surface area contributed by atoms with Crippen molar-refractivity contribution < 1.29 is 14.2 Å². The van der Waals surface area contributed by atoms with E-state index < -0.39 is 6.10 Å². The van der Waals surface area contributed by atoms with Gasteiger partial charge in [0, 0.05) is 12.5 Å². The van der Waals surface area contributed by atoms with Gasteiger partial charge >= 0.3 is 0 Å². The first-order valence-corrected chi connectivity index (χ1v) is 7.02. The van der Waals surface area contributed by atoms with E-state index in [1.165, 1.54) is 12.1 Å². The van der Waals surface area contributed by atoms with Crippen molar-refractivity contribution in [1.29, 1.82) is 0 Å².